The van der Waals surface area contributed by atoms with E-state index in [9.17, 15) is 4.79 Å². The number of amides is 1. The molecular weight excluding hydrogens is 342 g/mol. The highest BCUT2D eigenvalue weighted by atomic mass is 16.3. The summed E-state index contributed by atoms with van der Waals surface area (Å²) >= 11 is 0. The van der Waals surface area contributed by atoms with Gasteiger partial charge in [-0.15, -0.1) is 0 Å². The van der Waals surface area contributed by atoms with Crippen LogP contribution in [0.25, 0.3) is 0 Å². The van der Waals surface area contributed by atoms with Gasteiger partial charge in [0, 0.05) is 51.7 Å². The number of piperazine rings is 1. The van der Waals surface area contributed by atoms with Gasteiger partial charge in [-0.3, -0.25) is 9.69 Å². The Hall–Kier alpha value is -2.02. The molecule has 2 fully saturated rings. The van der Waals surface area contributed by atoms with E-state index in [2.05, 4.69) is 32.3 Å². The van der Waals surface area contributed by atoms with Gasteiger partial charge in [0.15, 0.2) is 5.96 Å². The van der Waals surface area contributed by atoms with Gasteiger partial charge in [-0.05, 0) is 31.9 Å². The van der Waals surface area contributed by atoms with Gasteiger partial charge in [0.05, 0.1) is 6.26 Å². The minimum Gasteiger partial charge on any atom is -0.467 e. The van der Waals surface area contributed by atoms with Crippen molar-refractivity contribution in [1.82, 2.24) is 20.4 Å². The van der Waals surface area contributed by atoms with Crippen molar-refractivity contribution in [3.05, 3.63) is 24.2 Å². The summed E-state index contributed by atoms with van der Waals surface area (Å²) in [6.07, 6.45) is 6.29. The molecule has 1 saturated heterocycles. The number of carbonyl (C=O) groups excluding carboxylic acids is 1. The average Bonchev–Trinajstić information content (AvgIpc) is 3.40. The van der Waals surface area contributed by atoms with Crippen LogP contribution in [0.2, 0.25) is 0 Å². The Morgan fingerprint density at radius 2 is 2.00 bits per heavy atom. The maximum Gasteiger partial charge on any atom is 0.225 e. The van der Waals surface area contributed by atoms with E-state index in [1.165, 1.54) is 12.8 Å². The summed E-state index contributed by atoms with van der Waals surface area (Å²) in [5.41, 5.74) is 0. The second kappa shape index (κ2) is 10.3. The Bertz CT molecular complexity index is 588. The predicted octanol–water partition coefficient (Wildman–Crippen LogP) is 1.67. The normalized spacial score (nSPS) is 19.4. The lowest BCUT2D eigenvalue weighted by atomic mass is 10.1. The zero-order valence-corrected chi connectivity index (χ0v) is 16.5. The first-order valence-electron chi connectivity index (χ1n) is 10.3. The van der Waals surface area contributed by atoms with Gasteiger partial charge in [-0.2, -0.15) is 0 Å². The quantitative estimate of drug-likeness (QED) is 0.560. The van der Waals surface area contributed by atoms with Crippen molar-refractivity contribution in [3.8, 4) is 0 Å². The van der Waals surface area contributed by atoms with Crippen LogP contribution >= 0.6 is 0 Å². The highest BCUT2D eigenvalue weighted by Gasteiger charge is 2.29. The minimum absolute atomic E-state index is 0.297. The molecule has 7 heteroatoms. The Kier molecular flexibility index (Phi) is 7.56. The molecule has 150 valence electrons. The third kappa shape index (κ3) is 5.99. The molecule has 1 aromatic rings. The molecule has 7 nitrogen and oxygen atoms in total. The van der Waals surface area contributed by atoms with E-state index in [0.29, 0.717) is 18.4 Å². The molecule has 1 aliphatic carbocycles. The molecule has 0 bridgehead atoms. The molecule has 27 heavy (non-hydrogen) atoms. The van der Waals surface area contributed by atoms with Gasteiger partial charge in [-0.1, -0.05) is 12.8 Å². The number of nitrogens with zero attached hydrogens (tertiary/aromatic N) is 3. The lowest BCUT2D eigenvalue weighted by Gasteiger charge is -2.36. The molecular formula is C20H33N5O2. The number of aliphatic imine (C=N–C) groups is 1. The number of hydrogen-bond donors (Lipinski definition) is 2. The molecule has 0 radical (unpaired) electrons. The van der Waals surface area contributed by atoms with Crippen molar-refractivity contribution >= 4 is 11.9 Å². The highest BCUT2D eigenvalue weighted by Crippen LogP contribution is 2.26. The first kappa shape index (κ1) is 19.7. The summed E-state index contributed by atoms with van der Waals surface area (Å²) in [5.74, 6) is 2.36. The van der Waals surface area contributed by atoms with Gasteiger partial charge in [0.2, 0.25) is 5.91 Å². The molecule has 1 saturated carbocycles. The summed E-state index contributed by atoms with van der Waals surface area (Å²) in [7, 11) is 0. The number of furan rings is 1. The highest BCUT2D eigenvalue weighted by molar-refractivity contribution is 5.80. The monoisotopic (exact) mass is 375 g/mol. The molecule has 0 aromatic carbocycles. The van der Waals surface area contributed by atoms with E-state index < -0.39 is 0 Å². The fourth-order valence-corrected chi connectivity index (χ4v) is 3.86. The third-order valence-electron chi connectivity index (χ3n) is 5.43. The number of carbonyl (C=O) groups is 1. The van der Waals surface area contributed by atoms with Gasteiger partial charge >= 0.3 is 0 Å². The van der Waals surface area contributed by atoms with Crippen LogP contribution in [0.1, 0.15) is 38.4 Å². The van der Waals surface area contributed by atoms with Crippen LogP contribution in [0.3, 0.4) is 0 Å². The zero-order valence-electron chi connectivity index (χ0n) is 16.5. The van der Waals surface area contributed by atoms with E-state index in [0.717, 1.165) is 70.4 Å². The summed E-state index contributed by atoms with van der Waals surface area (Å²) in [4.78, 5) is 21.6. The first-order valence-corrected chi connectivity index (χ1v) is 10.3. The van der Waals surface area contributed by atoms with Gasteiger partial charge < -0.3 is 20.0 Å². The van der Waals surface area contributed by atoms with Crippen LogP contribution in [0.15, 0.2) is 27.8 Å². The minimum atomic E-state index is 0.297. The molecule has 3 rings (SSSR count). The molecule has 0 spiro atoms. The molecule has 2 heterocycles. The second-order valence-electron chi connectivity index (χ2n) is 7.35. The number of guanidine groups is 1. The summed E-state index contributed by atoms with van der Waals surface area (Å²) in [6.45, 7) is 8.85. The Balaban J connectivity index is 1.36. The van der Waals surface area contributed by atoms with E-state index >= 15 is 0 Å². The van der Waals surface area contributed by atoms with Crippen molar-refractivity contribution in [1.29, 1.82) is 0 Å². The van der Waals surface area contributed by atoms with E-state index in [1.807, 2.05) is 12.1 Å². The van der Waals surface area contributed by atoms with Crippen LogP contribution in [0, 0.1) is 5.92 Å². The van der Waals surface area contributed by atoms with Crippen LogP contribution in [-0.2, 0) is 11.3 Å². The lowest BCUT2D eigenvalue weighted by molar-refractivity contribution is -0.137. The van der Waals surface area contributed by atoms with Crippen molar-refractivity contribution in [2.45, 2.75) is 39.2 Å². The van der Waals surface area contributed by atoms with Gasteiger partial charge in [-0.25, -0.2) is 4.99 Å². The smallest absolute Gasteiger partial charge is 0.225 e. The summed E-state index contributed by atoms with van der Waals surface area (Å²) in [6, 6.07) is 3.81. The Morgan fingerprint density at radius 1 is 1.22 bits per heavy atom. The van der Waals surface area contributed by atoms with E-state index in [1.54, 1.807) is 6.26 Å². The third-order valence-corrected chi connectivity index (χ3v) is 5.43. The Labute approximate surface area is 162 Å². The van der Waals surface area contributed by atoms with Crippen molar-refractivity contribution in [2.75, 3.05) is 45.8 Å². The largest absolute Gasteiger partial charge is 0.467 e. The van der Waals surface area contributed by atoms with Gasteiger partial charge in [0.1, 0.15) is 12.3 Å². The second-order valence-corrected chi connectivity index (χ2v) is 7.35. The number of rotatable bonds is 7. The van der Waals surface area contributed by atoms with E-state index in [4.69, 9.17) is 4.42 Å². The molecule has 1 aromatic heterocycles. The Morgan fingerprint density at radius 3 is 2.67 bits per heavy atom. The number of nitrogens with one attached hydrogen (secondary N) is 2. The standard InChI is InChI=1S/C20H33N5O2/c1-2-21-20(23-16-18-8-5-15-27-18)22-9-10-24-11-13-25(14-12-24)19(26)17-6-3-4-7-17/h5,8,15,17H,2-4,6-7,9-14,16H2,1H3,(H2,21,22,23). The molecule has 2 N–H and O–H groups in total. The van der Waals surface area contributed by atoms with Crippen molar-refractivity contribution in [3.63, 3.8) is 0 Å². The summed E-state index contributed by atoms with van der Waals surface area (Å²) < 4.78 is 5.32. The average molecular weight is 376 g/mol. The predicted molar refractivity (Wildman–Crippen MR) is 107 cm³/mol. The first-order chi connectivity index (χ1) is 13.3. The van der Waals surface area contributed by atoms with Gasteiger partial charge in [0.25, 0.3) is 0 Å². The molecule has 2 aliphatic rings. The SMILES string of the molecule is CCNC(=NCc1ccco1)NCCN1CCN(C(=O)C2CCCC2)CC1. The van der Waals surface area contributed by atoms with Crippen molar-refractivity contribution < 1.29 is 9.21 Å². The molecule has 1 amide bonds. The number of hydrogen-bond acceptors (Lipinski definition) is 4. The summed E-state index contributed by atoms with van der Waals surface area (Å²) in [5, 5.41) is 6.65. The van der Waals surface area contributed by atoms with Crippen molar-refractivity contribution in [2.24, 2.45) is 10.9 Å². The lowest BCUT2D eigenvalue weighted by Crippen LogP contribution is -2.51. The van der Waals surface area contributed by atoms with Crippen LogP contribution in [-0.4, -0.2) is 67.5 Å². The molecule has 0 atom stereocenters. The zero-order chi connectivity index (χ0) is 18.9. The maximum atomic E-state index is 12.5. The van der Waals surface area contributed by atoms with E-state index in [-0.39, 0.29) is 0 Å². The topological polar surface area (TPSA) is 73.1 Å². The molecule has 0 unspecified atom stereocenters. The van der Waals surface area contributed by atoms with Crippen LogP contribution < -0.4 is 10.6 Å². The molecule has 1 aliphatic heterocycles. The van der Waals surface area contributed by atoms with Crippen LogP contribution in [0.4, 0.5) is 0 Å². The fraction of sp³-hybridized carbons (Fsp3) is 0.700. The fourth-order valence-electron chi connectivity index (χ4n) is 3.86. The van der Waals surface area contributed by atoms with Crippen LogP contribution in [0.5, 0.6) is 0 Å². The maximum absolute atomic E-state index is 12.5.